The molecule has 1 aliphatic rings. The molecule has 2 rings (SSSR count). The van der Waals surface area contributed by atoms with Gasteiger partial charge in [0.2, 0.25) is 0 Å². The normalized spacial score (nSPS) is 25.6. The summed E-state index contributed by atoms with van der Waals surface area (Å²) < 4.78 is 5.69. The maximum absolute atomic E-state index is 5.98. The van der Waals surface area contributed by atoms with Gasteiger partial charge in [0, 0.05) is 6.61 Å². The first-order chi connectivity index (χ1) is 7.36. The van der Waals surface area contributed by atoms with Crippen molar-refractivity contribution < 1.29 is 4.74 Å². The first kappa shape index (κ1) is 10.8. The van der Waals surface area contributed by atoms with Crippen LogP contribution >= 0.6 is 0 Å². The molecule has 1 aliphatic carbocycles. The van der Waals surface area contributed by atoms with Crippen LogP contribution in [-0.2, 0) is 11.3 Å². The van der Waals surface area contributed by atoms with E-state index in [4.69, 9.17) is 12.6 Å². The summed E-state index contributed by atoms with van der Waals surface area (Å²) in [6.45, 7) is 1.53. The van der Waals surface area contributed by atoms with Crippen molar-refractivity contribution in [1.82, 2.24) is 0 Å². The van der Waals surface area contributed by atoms with Crippen LogP contribution in [0.25, 0.3) is 0 Å². The highest BCUT2D eigenvalue weighted by Crippen LogP contribution is 2.34. The van der Waals surface area contributed by atoms with Gasteiger partial charge in [0.1, 0.15) is 0 Å². The lowest BCUT2D eigenvalue weighted by atomic mass is 9.79. The van der Waals surface area contributed by atoms with Crippen molar-refractivity contribution in [1.29, 1.82) is 0 Å². The fourth-order valence-electron chi connectivity index (χ4n) is 2.17. The molecule has 0 heterocycles. The smallest absolute Gasteiger partial charge is 0.0717 e. The average molecular weight is 200 g/mol. The SMILES string of the molecule is [B]C1CCCC1COCc1ccccc1. The van der Waals surface area contributed by atoms with Gasteiger partial charge in [-0.2, -0.15) is 0 Å². The van der Waals surface area contributed by atoms with Crippen molar-refractivity contribution in [2.45, 2.75) is 31.7 Å². The van der Waals surface area contributed by atoms with Gasteiger partial charge in [0.05, 0.1) is 14.5 Å². The molecule has 0 aromatic heterocycles. The van der Waals surface area contributed by atoms with Gasteiger partial charge in [-0.1, -0.05) is 49.0 Å². The number of rotatable bonds is 4. The van der Waals surface area contributed by atoms with Crippen molar-refractivity contribution in [2.75, 3.05) is 6.61 Å². The summed E-state index contributed by atoms with van der Waals surface area (Å²) in [5.74, 6) is 0.939. The Morgan fingerprint density at radius 1 is 1.20 bits per heavy atom. The molecule has 0 N–H and O–H groups in total. The Kier molecular flexibility index (Phi) is 3.84. The molecule has 2 heteroatoms. The highest BCUT2D eigenvalue weighted by molar-refractivity contribution is 6.12. The number of hydrogen-bond donors (Lipinski definition) is 0. The second-order valence-electron chi connectivity index (χ2n) is 4.36. The highest BCUT2D eigenvalue weighted by Gasteiger charge is 2.22. The lowest BCUT2D eigenvalue weighted by Gasteiger charge is -2.15. The summed E-state index contributed by atoms with van der Waals surface area (Å²) in [7, 11) is 5.98. The van der Waals surface area contributed by atoms with Crippen LogP contribution in [0.5, 0.6) is 0 Å². The van der Waals surface area contributed by atoms with Gasteiger partial charge in [0.25, 0.3) is 0 Å². The fourth-order valence-corrected chi connectivity index (χ4v) is 2.17. The van der Waals surface area contributed by atoms with E-state index in [1.54, 1.807) is 0 Å². The van der Waals surface area contributed by atoms with E-state index in [-0.39, 0.29) is 0 Å². The maximum atomic E-state index is 5.98. The predicted molar refractivity (Wildman–Crippen MR) is 62.9 cm³/mol. The van der Waals surface area contributed by atoms with Crippen LogP contribution in [0.2, 0.25) is 5.82 Å². The number of ether oxygens (including phenoxy) is 1. The molecule has 78 valence electrons. The van der Waals surface area contributed by atoms with Crippen molar-refractivity contribution in [3.05, 3.63) is 35.9 Å². The van der Waals surface area contributed by atoms with Crippen LogP contribution in [0, 0.1) is 5.92 Å². The zero-order valence-corrected chi connectivity index (χ0v) is 9.06. The Hall–Kier alpha value is -0.755. The maximum Gasteiger partial charge on any atom is 0.0717 e. The van der Waals surface area contributed by atoms with Crippen molar-refractivity contribution in [2.24, 2.45) is 5.92 Å². The first-order valence-electron chi connectivity index (χ1n) is 5.73. The second kappa shape index (κ2) is 5.36. The molecular formula is C13H17BO. The van der Waals surface area contributed by atoms with Crippen LogP contribution in [0.3, 0.4) is 0 Å². The zero-order chi connectivity index (χ0) is 10.5. The van der Waals surface area contributed by atoms with Crippen LogP contribution in [0.1, 0.15) is 24.8 Å². The van der Waals surface area contributed by atoms with E-state index in [1.165, 1.54) is 24.8 Å². The summed E-state index contributed by atoms with van der Waals surface area (Å²) in [4.78, 5) is 0. The Bertz CT molecular complexity index is 286. The van der Waals surface area contributed by atoms with Crippen molar-refractivity contribution in [3.8, 4) is 0 Å². The Morgan fingerprint density at radius 3 is 2.67 bits per heavy atom. The molecule has 0 spiro atoms. The largest absolute Gasteiger partial charge is 0.377 e. The molecule has 0 saturated heterocycles. The molecule has 0 amide bonds. The minimum Gasteiger partial charge on any atom is -0.377 e. The Labute approximate surface area is 93.2 Å². The summed E-state index contributed by atoms with van der Waals surface area (Å²) in [6, 6.07) is 10.3. The molecule has 0 bridgehead atoms. The molecule has 2 atom stereocenters. The van der Waals surface area contributed by atoms with E-state index in [1.807, 2.05) is 18.2 Å². The summed E-state index contributed by atoms with van der Waals surface area (Å²) >= 11 is 0. The number of hydrogen-bond acceptors (Lipinski definition) is 1. The van der Waals surface area contributed by atoms with Gasteiger partial charge in [-0.05, 0) is 17.9 Å². The van der Waals surface area contributed by atoms with Gasteiger partial charge >= 0.3 is 0 Å². The molecule has 2 radical (unpaired) electrons. The third-order valence-corrected chi connectivity index (χ3v) is 3.16. The van der Waals surface area contributed by atoms with Crippen molar-refractivity contribution in [3.63, 3.8) is 0 Å². The lowest BCUT2D eigenvalue weighted by Crippen LogP contribution is -2.10. The van der Waals surface area contributed by atoms with Gasteiger partial charge < -0.3 is 4.74 Å². The van der Waals surface area contributed by atoms with E-state index < -0.39 is 0 Å². The Balaban J connectivity index is 1.71. The molecule has 1 nitrogen and oxygen atoms in total. The molecule has 15 heavy (non-hydrogen) atoms. The van der Waals surface area contributed by atoms with Gasteiger partial charge in [-0.15, -0.1) is 0 Å². The third kappa shape index (κ3) is 3.10. The molecule has 2 unspecified atom stereocenters. The second-order valence-corrected chi connectivity index (χ2v) is 4.36. The molecule has 1 aromatic rings. The van der Waals surface area contributed by atoms with E-state index in [0.29, 0.717) is 18.3 Å². The fraction of sp³-hybridized carbons (Fsp3) is 0.538. The van der Waals surface area contributed by atoms with Crippen LogP contribution in [0.15, 0.2) is 30.3 Å². The average Bonchev–Trinajstić information content (AvgIpc) is 2.66. The monoisotopic (exact) mass is 200 g/mol. The number of benzene rings is 1. The third-order valence-electron chi connectivity index (χ3n) is 3.16. The molecular weight excluding hydrogens is 183 g/mol. The Morgan fingerprint density at radius 2 is 2.00 bits per heavy atom. The van der Waals surface area contributed by atoms with E-state index in [9.17, 15) is 0 Å². The molecule has 1 fully saturated rings. The van der Waals surface area contributed by atoms with Gasteiger partial charge in [-0.25, -0.2) is 0 Å². The lowest BCUT2D eigenvalue weighted by molar-refractivity contribution is 0.0891. The van der Waals surface area contributed by atoms with Gasteiger partial charge in [-0.3, -0.25) is 0 Å². The van der Waals surface area contributed by atoms with E-state index in [2.05, 4.69) is 12.1 Å². The standard InChI is InChI=1S/C13H17BO/c14-13-8-4-7-12(13)10-15-9-11-5-2-1-3-6-11/h1-3,5-6,12-13H,4,7-10H2. The summed E-state index contributed by atoms with van der Waals surface area (Å²) in [5, 5.41) is 0. The highest BCUT2D eigenvalue weighted by atomic mass is 16.5. The van der Waals surface area contributed by atoms with Crippen molar-refractivity contribution >= 4 is 7.85 Å². The minimum atomic E-state index is 0.362. The topological polar surface area (TPSA) is 9.23 Å². The molecule has 0 aliphatic heterocycles. The quantitative estimate of drug-likeness (QED) is 0.679. The van der Waals surface area contributed by atoms with Crippen LogP contribution in [0.4, 0.5) is 0 Å². The summed E-state index contributed by atoms with van der Waals surface area (Å²) in [5.41, 5.74) is 1.24. The minimum absolute atomic E-state index is 0.362. The van der Waals surface area contributed by atoms with E-state index >= 15 is 0 Å². The van der Waals surface area contributed by atoms with Crippen LogP contribution < -0.4 is 0 Å². The van der Waals surface area contributed by atoms with E-state index in [0.717, 1.165) is 6.61 Å². The van der Waals surface area contributed by atoms with Crippen LogP contribution in [-0.4, -0.2) is 14.5 Å². The zero-order valence-electron chi connectivity index (χ0n) is 9.06. The van der Waals surface area contributed by atoms with Gasteiger partial charge in [0.15, 0.2) is 0 Å². The summed E-state index contributed by atoms with van der Waals surface area (Å²) in [6.07, 6.45) is 3.66. The molecule has 1 saturated carbocycles. The molecule has 1 aromatic carbocycles. The first-order valence-corrected chi connectivity index (χ1v) is 5.73. The predicted octanol–water partition coefficient (Wildman–Crippen LogP) is 2.96.